The number of aromatic nitrogens is 1. The van der Waals surface area contributed by atoms with Gasteiger partial charge in [-0.25, -0.2) is 9.37 Å². The molecule has 2 N–H and O–H groups in total. The van der Waals surface area contributed by atoms with Crippen molar-refractivity contribution in [3.8, 4) is 0 Å². The highest BCUT2D eigenvalue weighted by Crippen LogP contribution is 2.20. The van der Waals surface area contributed by atoms with Crippen molar-refractivity contribution in [3.05, 3.63) is 70.5 Å². The third-order valence-corrected chi connectivity index (χ3v) is 3.89. The van der Waals surface area contributed by atoms with E-state index in [1.165, 1.54) is 11.6 Å². The van der Waals surface area contributed by atoms with Crippen molar-refractivity contribution in [1.82, 2.24) is 0 Å². The average molecular weight is 316 g/mol. The van der Waals surface area contributed by atoms with Crippen LogP contribution in [0.15, 0.2) is 48.5 Å². The van der Waals surface area contributed by atoms with E-state index in [0.29, 0.717) is 5.02 Å². The van der Waals surface area contributed by atoms with Gasteiger partial charge in [-0.2, -0.15) is 0 Å². The number of rotatable bonds is 4. The Morgan fingerprint density at radius 3 is 2.82 bits per heavy atom. The van der Waals surface area contributed by atoms with Gasteiger partial charge >= 0.3 is 0 Å². The highest BCUT2D eigenvalue weighted by Gasteiger charge is 2.08. The molecule has 22 heavy (non-hydrogen) atoms. The molecule has 3 rings (SSSR count). The average Bonchev–Trinajstić information content (AvgIpc) is 2.47. The fourth-order valence-corrected chi connectivity index (χ4v) is 2.74. The van der Waals surface area contributed by atoms with E-state index in [1.807, 2.05) is 24.3 Å². The number of hydrogen-bond donors (Lipinski definition) is 1. The lowest BCUT2D eigenvalue weighted by atomic mass is 10.1. The molecule has 0 radical (unpaired) electrons. The molecule has 0 aliphatic heterocycles. The van der Waals surface area contributed by atoms with Gasteiger partial charge in [-0.3, -0.25) is 5.32 Å². The van der Waals surface area contributed by atoms with Crippen molar-refractivity contribution < 1.29 is 9.37 Å². The van der Waals surface area contributed by atoms with E-state index in [4.69, 9.17) is 11.6 Å². The normalized spacial score (nSPS) is 10.9. The summed E-state index contributed by atoms with van der Waals surface area (Å²) in [5.41, 5.74) is 3.16. The number of halogens is 2. The SMILES string of the molecule is Cc1cc(NCCc2cccc(F)c2)[nH+]c2cc(Cl)ccc12. The summed E-state index contributed by atoms with van der Waals surface area (Å²) in [5, 5.41) is 5.21. The van der Waals surface area contributed by atoms with Gasteiger partial charge in [0.2, 0.25) is 0 Å². The zero-order valence-corrected chi connectivity index (χ0v) is 13.0. The molecule has 3 aromatic rings. The van der Waals surface area contributed by atoms with Crippen molar-refractivity contribution in [3.63, 3.8) is 0 Å². The van der Waals surface area contributed by atoms with Gasteiger partial charge in [0.25, 0.3) is 5.82 Å². The van der Waals surface area contributed by atoms with Crippen LogP contribution in [0.3, 0.4) is 0 Å². The molecule has 2 nitrogen and oxygen atoms in total. The first kappa shape index (κ1) is 14.8. The van der Waals surface area contributed by atoms with Crippen LogP contribution in [0.2, 0.25) is 5.02 Å². The Hall–Kier alpha value is -2.13. The summed E-state index contributed by atoms with van der Waals surface area (Å²) in [6.07, 6.45) is 0.762. The molecule has 0 amide bonds. The number of pyridine rings is 1. The fourth-order valence-electron chi connectivity index (χ4n) is 2.57. The summed E-state index contributed by atoms with van der Waals surface area (Å²) in [5.74, 6) is 0.740. The predicted octanol–water partition coefficient (Wildman–Crippen LogP) is 4.41. The molecule has 0 aliphatic carbocycles. The molecule has 1 heterocycles. The predicted molar refractivity (Wildman–Crippen MR) is 88.8 cm³/mol. The summed E-state index contributed by atoms with van der Waals surface area (Å²) in [6, 6.07) is 14.6. The molecule has 0 unspecified atom stereocenters. The van der Waals surface area contributed by atoms with Crippen molar-refractivity contribution >= 4 is 28.3 Å². The molecule has 0 spiro atoms. The van der Waals surface area contributed by atoms with Crippen LogP contribution in [0, 0.1) is 12.7 Å². The Labute approximate surface area is 134 Å². The van der Waals surface area contributed by atoms with E-state index in [-0.39, 0.29) is 5.82 Å². The van der Waals surface area contributed by atoms with Crippen molar-refractivity contribution in [2.75, 3.05) is 11.9 Å². The number of anilines is 1. The Balaban J connectivity index is 1.74. The number of aromatic amines is 1. The minimum atomic E-state index is -0.194. The first-order chi connectivity index (χ1) is 10.6. The highest BCUT2D eigenvalue weighted by molar-refractivity contribution is 6.31. The Kier molecular flexibility index (Phi) is 4.25. The summed E-state index contributed by atoms with van der Waals surface area (Å²) < 4.78 is 13.1. The van der Waals surface area contributed by atoms with Gasteiger partial charge < -0.3 is 0 Å². The third-order valence-electron chi connectivity index (χ3n) is 3.65. The minimum absolute atomic E-state index is 0.194. The van der Waals surface area contributed by atoms with E-state index in [9.17, 15) is 4.39 Å². The first-order valence-electron chi connectivity index (χ1n) is 7.22. The maximum absolute atomic E-state index is 13.1. The topological polar surface area (TPSA) is 26.2 Å². The van der Waals surface area contributed by atoms with Crippen LogP contribution >= 0.6 is 11.6 Å². The number of nitrogens with one attached hydrogen (secondary N) is 2. The van der Waals surface area contributed by atoms with E-state index < -0.39 is 0 Å². The molecule has 0 saturated heterocycles. The van der Waals surface area contributed by atoms with Crippen LogP contribution in [0.5, 0.6) is 0 Å². The summed E-state index contributed by atoms with van der Waals surface area (Å²) in [4.78, 5) is 3.34. The van der Waals surface area contributed by atoms with Crippen molar-refractivity contribution in [1.29, 1.82) is 0 Å². The summed E-state index contributed by atoms with van der Waals surface area (Å²) >= 11 is 6.05. The largest absolute Gasteiger partial charge is 0.274 e. The van der Waals surface area contributed by atoms with Gasteiger partial charge in [-0.05, 0) is 42.3 Å². The van der Waals surface area contributed by atoms with Crippen LogP contribution in [0.1, 0.15) is 11.1 Å². The van der Waals surface area contributed by atoms with Crippen LogP contribution in [-0.2, 0) is 6.42 Å². The van der Waals surface area contributed by atoms with E-state index in [0.717, 1.165) is 35.2 Å². The minimum Gasteiger partial charge on any atom is -0.274 e. The third kappa shape index (κ3) is 3.37. The molecular weight excluding hydrogens is 299 g/mol. The number of aryl methyl sites for hydroxylation is 1. The molecule has 0 fully saturated rings. The standard InChI is InChI=1S/C18H16ClFN2/c1-12-9-18(22-17-11-14(19)5-6-16(12)17)21-8-7-13-3-2-4-15(20)10-13/h2-6,9-11H,7-8H2,1H3,(H,21,22)/p+1. The monoisotopic (exact) mass is 315 g/mol. The smallest absolute Gasteiger partial charge is 0.272 e. The highest BCUT2D eigenvalue weighted by atomic mass is 35.5. The Morgan fingerprint density at radius 1 is 1.14 bits per heavy atom. The second-order valence-corrected chi connectivity index (χ2v) is 5.80. The van der Waals surface area contributed by atoms with Crippen LogP contribution < -0.4 is 10.3 Å². The molecule has 1 aromatic heterocycles. The van der Waals surface area contributed by atoms with E-state index in [2.05, 4.69) is 23.3 Å². The second-order valence-electron chi connectivity index (χ2n) is 5.36. The van der Waals surface area contributed by atoms with Gasteiger partial charge in [-0.15, -0.1) is 0 Å². The van der Waals surface area contributed by atoms with Gasteiger partial charge in [-0.1, -0.05) is 23.7 Å². The lowest BCUT2D eigenvalue weighted by Gasteiger charge is -2.05. The summed E-state index contributed by atoms with van der Waals surface area (Å²) in [6.45, 7) is 2.80. The lowest BCUT2D eigenvalue weighted by molar-refractivity contribution is -0.327. The Bertz CT molecular complexity index is 817. The maximum Gasteiger partial charge on any atom is 0.272 e. The van der Waals surface area contributed by atoms with Gasteiger partial charge in [0.1, 0.15) is 11.3 Å². The molecule has 4 heteroatoms. The van der Waals surface area contributed by atoms with Crippen LogP contribution in [-0.4, -0.2) is 6.54 Å². The van der Waals surface area contributed by atoms with Crippen molar-refractivity contribution in [2.45, 2.75) is 13.3 Å². The van der Waals surface area contributed by atoms with Gasteiger partial charge in [0.15, 0.2) is 0 Å². The zero-order valence-electron chi connectivity index (χ0n) is 12.3. The molecule has 0 atom stereocenters. The van der Waals surface area contributed by atoms with Gasteiger partial charge in [0.05, 0.1) is 6.54 Å². The molecule has 112 valence electrons. The van der Waals surface area contributed by atoms with Crippen LogP contribution in [0.4, 0.5) is 10.2 Å². The number of fused-ring (bicyclic) bond motifs is 1. The number of H-pyrrole nitrogens is 1. The number of hydrogen-bond acceptors (Lipinski definition) is 1. The number of benzene rings is 2. The maximum atomic E-state index is 13.1. The molecule has 2 aromatic carbocycles. The fraction of sp³-hybridized carbons (Fsp3) is 0.167. The molecule has 0 bridgehead atoms. The van der Waals surface area contributed by atoms with E-state index in [1.54, 1.807) is 12.1 Å². The molecule has 0 aliphatic rings. The quantitative estimate of drug-likeness (QED) is 0.758. The van der Waals surface area contributed by atoms with Crippen LogP contribution in [0.25, 0.3) is 10.9 Å². The van der Waals surface area contributed by atoms with Crippen molar-refractivity contribution in [2.24, 2.45) is 0 Å². The Morgan fingerprint density at radius 2 is 2.00 bits per heavy atom. The zero-order chi connectivity index (χ0) is 15.5. The summed E-state index contributed by atoms with van der Waals surface area (Å²) in [7, 11) is 0. The first-order valence-corrected chi connectivity index (χ1v) is 7.60. The van der Waals surface area contributed by atoms with Gasteiger partial charge in [0, 0.05) is 29.0 Å². The molecular formula is C18H17ClFN2+. The van der Waals surface area contributed by atoms with E-state index >= 15 is 0 Å². The lowest BCUT2D eigenvalue weighted by Crippen LogP contribution is -2.16. The molecule has 0 saturated carbocycles. The second kappa shape index (κ2) is 6.32.